The van der Waals surface area contributed by atoms with Gasteiger partial charge in [-0.1, -0.05) is 82.3 Å². The second-order valence-electron chi connectivity index (χ2n) is 8.39. The van der Waals surface area contributed by atoms with Crippen LogP contribution in [0.5, 0.6) is 0 Å². The quantitative estimate of drug-likeness (QED) is 0.766. The van der Waals surface area contributed by atoms with Crippen LogP contribution in [-0.2, 0) is 12.0 Å². The molecule has 1 fully saturated rings. The molecule has 0 bridgehead atoms. The van der Waals surface area contributed by atoms with E-state index in [2.05, 4.69) is 87.6 Å². The number of benzene rings is 2. The highest BCUT2D eigenvalue weighted by molar-refractivity contribution is 5.30. The molecule has 24 heavy (non-hydrogen) atoms. The Bertz CT molecular complexity index is 636. The Kier molecular flexibility index (Phi) is 5.10. The summed E-state index contributed by atoms with van der Waals surface area (Å²) in [6.45, 7) is 10.2. The van der Waals surface area contributed by atoms with Gasteiger partial charge in [0, 0.05) is 12.6 Å². The highest BCUT2D eigenvalue weighted by atomic mass is 14.9. The lowest BCUT2D eigenvalue weighted by molar-refractivity contribution is 0.403. The second kappa shape index (κ2) is 7.11. The van der Waals surface area contributed by atoms with E-state index >= 15 is 0 Å². The molecular formula is C23H31N. The van der Waals surface area contributed by atoms with Gasteiger partial charge in [0.05, 0.1) is 0 Å². The van der Waals surface area contributed by atoms with Gasteiger partial charge in [0.1, 0.15) is 0 Å². The van der Waals surface area contributed by atoms with Gasteiger partial charge in [-0.15, -0.1) is 0 Å². The highest BCUT2D eigenvalue weighted by Crippen LogP contribution is 2.40. The van der Waals surface area contributed by atoms with E-state index in [4.69, 9.17) is 0 Å². The first-order valence-electron chi connectivity index (χ1n) is 9.33. The molecular weight excluding hydrogens is 290 g/mol. The molecule has 2 aromatic carbocycles. The van der Waals surface area contributed by atoms with Crippen molar-refractivity contribution < 1.29 is 0 Å². The number of rotatable bonds is 4. The van der Waals surface area contributed by atoms with Crippen LogP contribution in [0, 0.1) is 5.92 Å². The molecule has 0 aromatic heterocycles. The largest absolute Gasteiger partial charge is 0.310 e. The summed E-state index contributed by atoms with van der Waals surface area (Å²) in [5, 5.41) is 3.78. The molecule has 0 saturated heterocycles. The molecule has 1 aliphatic rings. The maximum atomic E-state index is 3.78. The van der Waals surface area contributed by atoms with E-state index in [0.29, 0.717) is 17.9 Å². The Hall–Kier alpha value is -1.60. The van der Waals surface area contributed by atoms with Gasteiger partial charge in [-0.05, 0) is 46.8 Å². The zero-order valence-corrected chi connectivity index (χ0v) is 15.5. The smallest absolute Gasteiger partial charge is 0.0208 e. The van der Waals surface area contributed by atoms with Crippen LogP contribution in [0.2, 0.25) is 0 Å². The summed E-state index contributed by atoms with van der Waals surface area (Å²) in [5.74, 6) is 1.38. The summed E-state index contributed by atoms with van der Waals surface area (Å²) in [4.78, 5) is 0. The third-order valence-corrected chi connectivity index (χ3v) is 5.67. The lowest BCUT2D eigenvalue weighted by atomic mass is 9.83. The predicted octanol–water partition coefficient (Wildman–Crippen LogP) is 5.66. The molecule has 0 amide bonds. The average Bonchev–Trinajstić information content (AvgIpc) is 2.94. The summed E-state index contributed by atoms with van der Waals surface area (Å²) < 4.78 is 0. The molecule has 1 heteroatoms. The molecule has 3 rings (SSSR count). The molecule has 0 radical (unpaired) electrons. The van der Waals surface area contributed by atoms with Crippen molar-refractivity contribution in [3.63, 3.8) is 0 Å². The molecule has 1 aliphatic carbocycles. The Labute approximate surface area is 147 Å². The van der Waals surface area contributed by atoms with E-state index in [1.807, 2.05) is 0 Å². The third kappa shape index (κ3) is 3.89. The Balaban J connectivity index is 1.62. The fourth-order valence-electron chi connectivity index (χ4n) is 4.00. The van der Waals surface area contributed by atoms with Crippen molar-refractivity contribution in [2.24, 2.45) is 5.92 Å². The molecule has 0 spiro atoms. The summed E-state index contributed by atoms with van der Waals surface area (Å²) in [5.41, 5.74) is 4.55. The predicted molar refractivity (Wildman–Crippen MR) is 103 cm³/mol. The van der Waals surface area contributed by atoms with E-state index in [0.717, 1.165) is 6.54 Å². The van der Waals surface area contributed by atoms with E-state index in [1.165, 1.54) is 29.5 Å². The van der Waals surface area contributed by atoms with Crippen molar-refractivity contribution in [1.29, 1.82) is 0 Å². The van der Waals surface area contributed by atoms with Gasteiger partial charge in [-0.2, -0.15) is 0 Å². The molecule has 0 aliphatic heterocycles. The minimum atomic E-state index is 0.236. The lowest BCUT2D eigenvalue weighted by Gasteiger charge is -2.24. The van der Waals surface area contributed by atoms with Crippen molar-refractivity contribution >= 4 is 0 Å². The molecule has 2 aromatic rings. The Morgan fingerprint density at radius 2 is 1.58 bits per heavy atom. The molecule has 1 N–H and O–H groups in total. The van der Waals surface area contributed by atoms with Crippen molar-refractivity contribution in [2.45, 2.75) is 64.5 Å². The topological polar surface area (TPSA) is 12.0 Å². The van der Waals surface area contributed by atoms with E-state index < -0.39 is 0 Å². The Morgan fingerprint density at radius 1 is 0.917 bits per heavy atom. The van der Waals surface area contributed by atoms with Crippen LogP contribution in [0.25, 0.3) is 0 Å². The monoisotopic (exact) mass is 321 g/mol. The van der Waals surface area contributed by atoms with Crippen molar-refractivity contribution in [3.8, 4) is 0 Å². The first kappa shape index (κ1) is 17.2. The van der Waals surface area contributed by atoms with Crippen LogP contribution in [0.15, 0.2) is 54.6 Å². The fourth-order valence-corrected chi connectivity index (χ4v) is 4.00. The maximum Gasteiger partial charge on any atom is 0.0208 e. The van der Waals surface area contributed by atoms with E-state index in [9.17, 15) is 0 Å². The minimum Gasteiger partial charge on any atom is -0.310 e. The van der Waals surface area contributed by atoms with Crippen molar-refractivity contribution in [1.82, 2.24) is 5.32 Å². The highest BCUT2D eigenvalue weighted by Gasteiger charge is 2.33. The minimum absolute atomic E-state index is 0.236. The molecule has 3 unspecified atom stereocenters. The van der Waals surface area contributed by atoms with Gasteiger partial charge < -0.3 is 5.32 Å². The zero-order valence-electron chi connectivity index (χ0n) is 15.5. The Morgan fingerprint density at radius 3 is 2.21 bits per heavy atom. The van der Waals surface area contributed by atoms with E-state index in [-0.39, 0.29) is 5.41 Å². The normalized spacial score (nSPS) is 24.2. The van der Waals surface area contributed by atoms with Crippen LogP contribution in [-0.4, -0.2) is 6.04 Å². The summed E-state index contributed by atoms with van der Waals surface area (Å²) in [7, 11) is 0. The van der Waals surface area contributed by atoms with Gasteiger partial charge in [-0.3, -0.25) is 0 Å². The zero-order chi connectivity index (χ0) is 17.2. The average molecular weight is 322 g/mol. The number of hydrogen-bond donors (Lipinski definition) is 1. The molecule has 3 atom stereocenters. The lowest BCUT2D eigenvalue weighted by Crippen LogP contribution is -2.31. The van der Waals surface area contributed by atoms with Crippen LogP contribution >= 0.6 is 0 Å². The summed E-state index contributed by atoms with van der Waals surface area (Å²) >= 11 is 0. The molecule has 128 valence electrons. The van der Waals surface area contributed by atoms with Gasteiger partial charge >= 0.3 is 0 Å². The first-order chi connectivity index (χ1) is 11.4. The van der Waals surface area contributed by atoms with E-state index in [1.54, 1.807) is 0 Å². The second-order valence-corrected chi connectivity index (χ2v) is 8.39. The first-order valence-corrected chi connectivity index (χ1v) is 9.33. The molecule has 1 nitrogen and oxygen atoms in total. The molecule has 0 heterocycles. The van der Waals surface area contributed by atoms with Crippen molar-refractivity contribution in [3.05, 3.63) is 71.3 Å². The van der Waals surface area contributed by atoms with Crippen LogP contribution in [0.1, 0.15) is 63.1 Å². The van der Waals surface area contributed by atoms with Gasteiger partial charge in [0.15, 0.2) is 0 Å². The summed E-state index contributed by atoms with van der Waals surface area (Å²) in [6, 6.07) is 20.7. The number of hydrogen-bond acceptors (Lipinski definition) is 1. The van der Waals surface area contributed by atoms with Crippen LogP contribution < -0.4 is 5.32 Å². The van der Waals surface area contributed by atoms with Gasteiger partial charge in [0.25, 0.3) is 0 Å². The molecule has 1 saturated carbocycles. The third-order valence-electron chi connectivity index (χ3n) is 5.67. The van der Waals surface area contributed by atoms with Gasteiger partial charge in [-0.25, -0.2) is 0 Å². The summed E-state index contributed by atoms with van der Waals surface area (Å²) in [6.07, 6.45) is 2.57. The van der Waals surface area contributed by atoms with Crippen LogP contribution in [0.3, 0.4) is 0 Å². The maximum absolute atomic E-state index is 3.78. The standard InChI is InChI=1S/C23H31N/c1-17-21(19-10-12-20(13-11-19)23(2,3)4)14-15-22(17)24-16-18-8-6-5-7-9-18/h5-13,17,21-22,24H,14-16H2,1-4H3. The SMILES string of the molecule is CC1C(NCc2ccccc2)CCC1c1ccc(C(C)(C)C)cc1. The van der Waals surface area contributed by atoms with Crippen molar-refractivity contribution in [2.75, 3.05) is 0 Å². The van der Waals surface area contributed by atoms with Crippen LogP contribution in [0.4, 0.5) is 0 Å². The fraction of sp³-hybridized carbons (Fsp3) is 0.478. The van der Waals surface area contributed by atoms with Gasteiger partial charge in [0.2, 0.25) is 0 Å². The number of nitrogens with one attached hydrogen (secondary N) is 1.